The zero-order valence-electron chi connectivity index (χ0n) is 10.5. The molecule has 2 aromatic carbocycles. The van der Waals surface area contributed by atoms with Crippen molar-refractivity contribution in [1.82, 2.24) is 0 Å². The van der Waals surface area contributed by atoms with Crippen molar-refractivity contribution < 1.29 is 13.2 Å². The van der Waals surface area contributed by atoms with E-state index in [1.807, 2.05) is 24.3 Å². The van der Waals surface area contributed by atoms with Crippen molar-refractivity contribution in [3.05, 3.63) is 59.2 Å². The van der Waals surface area contributed by atoms with Crippen LogP contribution in [0.1, 0.15) is 22.7 Å². The van der Waals surface area contributed by atoms with Gasteiger partial charge in [-0.3, -0.25) is 0 Å². The number of hydrogen-bond acceptors (Lipinski definition) is 2. The monoisotopic (exact) mass is 278 g/mol. The standard InChI is InChI=1S/C15H13F3N2/c16-15(17,18)10-5-6-11(12(19)8-10)14-7-9-3-1-2-4-13(9)20-14/h1-6,8,14,20H,7,19H2. The van der Waals surface area contributed by atoms with Gasteiger partial charge in [0, 0.05) is 11.4 Å². The summed E-state index contributed by atoms with van der Waals surface area (Å²) in [6, 6.07) is 11.3. The number of hydrogen-bond donors (Lipinski definition) is 2. The minimum atomic E-state index is -4.36. The lowest BCUT2D eigenvalue weighted by Crippen LogP contribution is -2.11. The van der Waals surface area contributed by atoms with Gasteiger partial charge in [-0.15, -0.1) is 0 Å². The molecule has 3 rings (SSSR count). The average Bonchev–Trinajstić information content (AvgIpc) is 2.80. The number of rotatable bonds is 1. The first kappa shape index (κ1) is 12.8. The fraction of sp³-hybridized carbons (Fsp3) is 0.200. The van der Waals surface area contributed by atoms with Crippen LogP contribution in [0.25, 0.3) is 0 Å². The Balaban J connectivity index is 1.90. The Labute approximate surface area is 114 Å². The molecular formula is C15H13F3N2. The predicted octanol–water partition coefficient (Wildman–Crippen LogP) is 4.00. The number of nitrogen functional groups attached to an aromatic ring is 1. The van der Waals surface area contributed by atoms with Crippen molar-refractivity contribution >= 4 is 11.4 Å². The van der Waals surface area contributed by atoms with E-state index in [1.54, 1.807) is 0 Å². The lowest BCUT2D eigenvalue weighted by molar-refractivity contribution is -0.137. The fourth-order valence-electron chi connectivity index (χ4n) is 2.55. The van der Waals surface area contributed by atoms with Crippen LogP contribution >= 0.6 is 0 Å². The summed E-state index contributed by atoms with van der Waals surface area (Å²) in [5, 5.41) is 3.29. The maximum Gasteiger partial charge on any atom is 0.416 e. The molecule has 0 radical (unpaired) electrons. The number of nitrogens with two attached hydrogens (primary N) is 1. The summed E-state index contributed by atoms with van der Waals surface area (Å²) < 4.78 is 37.9. The Bertz CT molecular complexity index is 625. The Morgan fingerprint density at radius 2 is 1.85 bits per heavy atom. The molecule has 0 amide bonds. The molecule has 1 unspecified atom stereocenters. The molecule has 0 aliphatic carbocycles. The zero-order valence-corrected chi connectivity index (χ0v) is 10.5. The molecule has 0 saturated carbocycles. The van der Waals surface area contributed by atoms with Crippen molar-refractivity contribution in [3.63, 3.8) is 0 Å². The molecule has 0 bridgehead atoms. The molecule has 0 saturated heterocycles. The minimum Gasteiger partial charge on any atom is -0.398 e. The molecule has 0 aromatic heterocycles. The molecule has 5 heteroatoms. The van der Waals surface area contributed by atoms with E-state index in [9.17, 15) is 13.2 Å². The van der Waals surface area contributed by atoms with Crippen LogP contribution in [0.3, 0.4) is 0 Å². The highest BCUT2D eigenvalue weighted by Crippen LogP contribution is 2.38. The third-order valence-electron chi connectivity index (χ3n) is 3.56. The van der Waals surface area contributed by atoms with Crippen molar-refractivity contribution in [2.24, 2.45) is 0 Å². The first-order valence-electron chi connectivity index (χ1n) is 6.26. The van der Waals surface area contributed by atoms with Gasteiger partial charge in [-0.2, -0.15) is 13.2 Å². The number of halogens is 3. The molecule has 3 N–H and O–H groups in total. The van der Waals surface area contributed by atoms with E-state index in [4.69, 9.17) is 5.73 Å². The fourth-order valence-corrected chi connectivity index (χ4v) is 2.55. The summed E-state index contributed by atoms with van der Waals surface area (Å²) in [6.07, 6.45) is -3.63. The van der Waals surface area contributed by atoms with Gasteiger partial charge in [0.15, 0.2) is 0 Å². The van der Waals surface area contributed by atoms with E-state index in [2.05, 4.69) is 5.32 Å². The largest absolute Gasteiger partial charge is 0.416 e. The van der Waals surface area contributed by atoms with Crippen LogP contribution in [0, 0.1) is 0 Å². The van der Waals surface area contributed by atoms with Gasteiger partial charge in [0.05, 0.1) is 11.6 Å². The lowest BCUT2D eigenvalue weighted by atomic mass is 9.99. The van der Waals surface area contributed by atoms with Crippen LogP contribution in [-0.4, -0.2) is 0 Å². The Morgan fingerprint density at radius 3 is 2.50 bits per heavy atom. The van der Waals surface area contributed by atoms with Gasteiger partial charge in [-0.05, 0) is 35.7 Å². The van der Waals surface area contributed by atoms with Crippen molar-refractivity contribution in [2.75, 3.05) is 11.1 Å². The van der Waals surface area contributed by atoms with Crippen LogP contribution in [0.5, 0.6) is 0 Å². The summed E-state index contributed by atoms with van der Waals surface area (Å²) >= 11 is 0. The highest BCUT2D eigenvalue weighted by molar-refractivity contribution is 5.62. The molecule has 0 spiro atoms. The van der Waals surface area contributed by atoms with Crippen LogP contribution in [-0.2, 0) is 12.6 Å². The van der Waals surface area contributed by atoms with Crippen LogP contribution in [0.15, 0.2) is 42.5 Å². The zero-order chi connectivity index (χ0) is 14.3. The highest BCUT2D eigenvalue weighted by atomic mass is 19.4. The maximum absolute atomic E-state index is 12.6. The summed E-state index contributed by atoms with van der Waals surface area (Å²) in [5.41, 5.74) is 8.11. The van der Waals surface area contributed by atoms with Crippen molar-refractivity contribution in [2.45, 2.75) is 18.6 Å². The summed E-state index contributed by atoms with van der Waals surface area (Å²) in [4.78, 5) is 0. The Kier molecular flexibility index (Phi) is 2.85. The predicted molar refractivity (Wildman–Crippen MR) is 72.4 cm³/mol. The van der Waals surface area contributed by atoms with E-state index in [-0.39, 0.29) is 11.7 Å². The number of benzene rings is 2. The first-order valence-corrected chi connectivity index (χ1v) is 6.26. The molecule has 2 aromatic rings. The number of fused-ring (bicyclic) bond motifs is 1. The summed E-state index contributed by atoms with van der Waals surface area (Å²) in [6.45, 7) is 0. The molecule has 1 heterocycles. The molecule has 1 aliphatic rings. The van der Waals surface area contributed by atoms with Crippen molar-refractivity contribution in [1.29, 1.82) is 0 Å². The Hall–Kier alpha value is -2.17. The van der Waals surface area contributed by atoms with Gasteiger partial charge in [0.25, 0.3) is 0 Å². The van der Waals surface area contributed by atoms with Gasteiger partial charge in [-0.25, -0.2) is 0 Å². The molecule has 2 nitrogen and oxygen atoms in total. The van der Waals surface area contributed by atoms with E-state index < -0.39 is 11.7 Å². The van der Waals surface area contributed by atoms with Crippen LogP contribution < -0.4 is 11.1 Å². The smallest absolute Gasteiger partial charge is 0.398 e. The van der Waals surface area contributed by atoms with E-state index >= 15 is 0 Å². The second-order valence-electron chi connectivity index (χ2n) is 4.90. The van der Waals surface area contributed by atoms with Crippen LogP contribution in [0.4, 0.5) is 24.5 Å². The normalized spacial score (nSPS) is 17.6. The SMILES string of the molecule is Nc1cc(C(F)(F)F)ccc1C1Cc2ccccc2N1. The van der Waals surface area contributed by atoms with E-state index in [1.165, 1.54) is 6.07 Å². The molecule has 1 atom stereocenters. The summed E-state index contributed by atoms with van der Waals surface area (Å²) in [7, 11) is 0. The molecule has 104 valence electrons. The third-order valence-corrected chi connectivity index (χ3v) is 3.56. The van der Waals surface area contributed by atoms with Gasteiger partial charge in [0.1, 0.15) is 0 Å². The van der Waals surface area contributed by atoms with Gasteiger partial charge >= 0.3 is 6.18 Å². The number of para-hydroxylation sites is 1. The number of anilines is 2. The second kappa shape index (κ2) is 4.44. The van der Waals surface area contributed by atoms with Gasteiger partial charge in [0.2, 0.25) is 0 Å². The second-order valence-corrected chi connectivity index (χ2v) is 4.90. The molecular weight excluding hydrogens is 265 g/mol. The van der Waals surface area contributed by atoms with E-state index in [0.717, 1.165) is 29.8 Å². The third kappa shape index (κ3) is 2.19. The average molecular weight is 278 g/mol. The molecule has 1 aliphatic heterocycles. The lowest BCUT2D eigenvalue weighted by Gasteiger charge is -2.16. The van der Waals surface area contributed by atoms with Crippen molar-refractivity contribution in [3.8, 4) is 0 Å². The van der Waals surface area contributed by atoms with Gasteiger partial charge in [-0.1, -0.05) is 24.3 Å². The topological polar surface area (TPSA) is 38.0 Å². The van der Waals surface area contributed by atoms with Gasteiger partial charge < -0.3 is 11.1 Å². The number of nitrogens with one attached hydrogen (secondary N) is 1. The van der Waals surface area contributed by atoms with E-state index in [0.29, 0.717) is 5.56 Å². The number of alkyl halides is 3. The maximum atomic E-state index is 12.6. The highest BCUT2D eigenvalue weighted by Gasteiger charge is 2.32. The Morgan fingerprint density at radius 1 is 1.10 bits per heavy atom. The summed E-state index contributed by atoms with van der Waals surface area (Å²) in [5.74, 6) is 0. The minimum absolute atomic E-state index is 0.0744. The molecule has 0 fully saturated rings. The van der Waals surface area contributed by atoms with Crippen LogP contribution in [0.2, 0.25) is 0 Å². The quantitative estimate of drug-likeness (QED) is 0.774. The first-order chi connectivity index (χ1) is 9.45. The molecule has 20 heavy (non-hydrogen) atoms.